The highest BCUT2D eigenvalue weighted by molar-refractivity contribution is 7.99. The molecule has 0 radical (unpaired) electrons. The van der Waals surface area contributed by atoms with E-state index in [2.05, 4.69) is 15.5 Å². The molecule has 0 saturated heterocycles. The maximum Gasteiger partial charge on any atom is 0.340 e. The molecule has 164 valence electrons. The van der Waals surface area contributed by atoms with Gasteiger partial charge in [-0.25, -0.2) is 4.79 Å². The van der Waals surface area contributed by atoms with Crippen molar-refractivity contribution in [1.82, 2.24) is 14.8 Å². The third-order valence-electron chi connectivity index (χ3n) is 4.26. The van der Waals surface area contributed by atoms with E-state index in [1.807, 2.05) is 38.2 Å². The Morgan fingerprint density at radius 1 is 1.16 bits per heavy atom. The first kappa shape index (κ1) is 22.6. The van der Waals surface area contributed by atoms with Crippen LogP contribution in [-0.4, -0.2) is 46.6 Å². The molecule has 0 bridgehead atoms. The number of anilines is 1. The average molecular weight is 463 g/mol. The SMILES string of the molecule is COC(=O)c1ccsc1NC(=O)CSc1nnc(C(C)Oc2ccc(OC)cc2)n1C. The number of nitrogens with zero attached hydrogens (tertiary/aromatic N) is 3. The Labute approximate surface area is 187 Å². The van der Waals surface area contributed by atoms with Crippen molar-refractivity contribution >= 4 is 40.0 Å². The van der Waals surface area contributed by atoms with E-state index in [0.717, 1.165) is 5.75 Å². The van der Waals surface area contributed by atoms with E-state index in [1.54, 1.807) is 23.1 Å². The molecular weight excluding hydrogens is 440 g/mol. The van der Waals surface area contributed by atoms with Crippen molar-refractivity contribution in [3.05, 3.63) is 47.1 Å². The van der Waals surface area contributed by atoms with Crippen LogP contribution in [0.2, 0.25) is 0 Å². The maximum absolute atomic E-state index is 12.3. The van der Waals surface area contributed by atoms with Gasteiger partial charge in [-0.2, -0.15) is 0 Å². The second-order valence-electron chi connectivity index (χ2n) is 6.33. The van der Waals surface area contributed by atoms with Crippen LogP contribution in [0.1, 0.15) is 29.2 Å². The molecule has 9 nitrogen and oxygen atoms in total. The lowest BCUT2D eigenvalue weighted by molar-refractivity contribution is -0.113. The van der Waals surface area contributed by atoms with Crippen molar-refractivity contribution in [3.8, 4) is 11.5 Å². The number of hydrogen-bond donors (Lipinski definition) is 1. The van der Waals surface area contributed by atoms with Crippen LogP contribution in [0, 0.1) is 0 Å². The first-order valence-corrected chi connectivity index (χ1v) is 11.1. The van der Waals surface area contributed by atoms with Crippen molar-refractivity contribution in [3.63, 3.8) is 0 Å². The molecule has 31 heavy (non-hydrogen) atoms. The molecule has 1 aromatic carbocycles. The van der Waals surface area contributed by atoms with E-state index in [-0.39, 0.29) is 17.8 Å². The summed E-state index contributed by atoms with van der Waals surface area (Å²) in [5.41, 5.74) is 0.330. The summed E-state index contributed by atoms with van der Waals surface area (Å²) >= 11 is 2.50. The van der Waals surface area contributed by atoms with Crippen molar-refractivity contribution in [2.24, 2.45) is 7.05 Å². The maximum atomic E-state index is 12.3. The Morgan fingerprint density at radius 2 is 1.87 bits per heavy atom. The minimum Gasteiger partial charge on any atom is -0.497 e. The topological polar surface area (TPSA) is 105 Å². The van der Waals surface area contributed by atoms with Crippen molar-refractivity contribution in [2.45, 2.75) is 18.2 Å². The van der Waals surface area contributed by atoms with Crippen molar-refractivity contribution in [2.75, 3.05) is 25.3 Å². The summed E-state index contributed by atoms with van der Waals surface area (Å²) < 4.78 is 17.6. The van der Waals surface area contributed by atoms with E-state index in [1.165, 1.54) is 30.2 Å². The van der Waals surface area contributed by atoms with E-state index in [0.29, 0.717) is 27.3 Å². The molecule has 0 spiro atoms. The Morgan fingerprint density at radius 3 is 2.55 bits per heavy atom. The number of thiophene rings is 1. The fraction of sp³-hybridized carbons (Fsp3) is 0.300. The highest BCUT2D eigenvalue weighted by Crippen LogP contribution is 2.26. The summed E-state index contributed by atoms with van der Waals surface area (Å²) in [6.07, 6.45) is -0.345. The van der Waals surface area contributed by atoms with Crippen LogP contribution in [0.25, 0.3) is 0 Å². The number of amides is 1. The molecule has 1 N–H and O–H groups in total. The molecule has 2 heterocycles. The summed E-state index contributed by atoms with van der Waals surface area (Å²) in [6.45, 7) is 1.88. The molecule has 11 heteroatoms. The molecule has 0 saturated carbocycles. The van der Waals surface area contributed by atoms with Gasteiger partial charge in [0, 0.05) is 7.05 Å². The number of methoxy groups -OCH3 is 2. The van der Waals surface area contributed by atoms with Crippen LogP contribution < -0.4 is 14.8 Å². The Kier molecular flexibility index (Phi) is 7.53. The van der Waals surface area contributed by atoms with Crippen molar-refractivity contribution < 1.29 is 23.8 Å². The molecular formula is C20H22N4O5S2. The third kappa shape index (κ3) is 5.56. The normalized spacial score (nSPS) is 11.6. The molecule has 0 fully saturated rings. The van der Waals surface area contributed by atoms with Gasteiger partial charge >= 0.3 is 5.97 Å². The molecule has 2 aromatic heterocycles. The van der Waals surface area contributed by atoms with Crippen LogP contribution in [0.4, 0.5) is 5.00 Å². The molecule has 3 rings (SSSR count). The number of hydrogen-bond acceptors (Lipinski definition) is 9. The predicted octanol–water partition coefficient (Wildman–Crippen LogP) is 3.54. The summed E-state index contributed by atoms with van der Waals surface area (Å²) in [5, 5.41) is 13.8. The molecule has 1 unspecified atom stereocenters. The lowest BCUT2D eigenvalue weighted by Crippen LogP contribution is -2.16. The number of ether oxygens (including phenoxy) is 3. The lowest BCUT2D eigenvalue weighted by Gasteiger charge is -2.14. The van der Waals surface area contributed by atoms with Gasteiger partial charge in [-0.3, -0.25) is 4.79 Å². The molecule has 1 atom stereocenters. The number of esters is 1. The highest BCUT2D eigenvalue weighted by atomic mass is 32.2. The van der Waals surface area contributed by atoms with Gasteiger partial charge in [0.15, 0.2) is 17.1 Å². The van der Waals surface area contributed by atoms with Gasteiger partial charge in [-0.05, 0) is 42.6 Å². The monoisotopic (exact) mass is 462 g/mol. The summed E-state index contributed by atoms with van der Waals surface area (Å²) in [6, 6.07) is 8.88. The van der Waals surface area contributed by atoms with E-state index < -0.39 is 5.97 Å². The van der Waals surface area contributed by atoms with Gasteiger partial charge in [0.25, 0.3) is 0 Å². The van der Waals surface area contributed by atoms with Crippen LogP contribution in [0.3, 0.4) is 0 Å². The van der Waals surface area contributed by atoms with E-state index >= 15 is 0 Å². The molecule has 3 aromatic rings. The number of rotatable bonds is 9. The molecule has 1 amide bonds. The van der Waals surface area contributed by atoms with Crippen LogP contribution in [0.5, 0.6) is 11.5 Å². The van der Waals surface area contributed by atoms with Gasteiger partial charge in [-0.15, -0.1) is 21.5 Å². The van der Waals surface area contributed by atoms with Gasteiger partial charge in [0.1, 0.15) is 16.5 Å². The number of carbonyl (C=O) groups excluding carboxylic acids is 2. The van der Waals surface area contributed by atoms with E-state index in [9.17, 15) is 9.59 Å². The highest BCUT2D eigenvalue weighted by Gasteiger charge is 2.19. The molecule has 0 aliphatic rings. The van der Waals surface area contributed by atoms with Gasteiger partial charge in [-0.1, -0.05) is 11.8 Å². The Hall–Kier alpha value is -3.05. The van der Waals surface area contributed by atoms with Gasteiger partial charge in [0.05, 0.1) is 25.5 Å². The van der Waals surface area contributed by atoms with Gasteiger partial charge in [0.2, 0.25) is 5.91 Å². The minimum absolute atomic E-state index is 0.109. The standard InChI is InChI=1S/C20H22N4O5S2/c1-12(29-14-7-5-13(27-3)6-8-14)17-22-23-20(24(17)2)31-11-16(25)21-18-15(9-10-30-18)19(26)28-4/h5-10,12H,11H2,1-4H3,(H,21,25). The first-order chi connectivity index (χ1) is 14.9. The second kappa shape index (κ2) is 10.3. The molecule has 0 aliphatic carbocycles. The lowest BCUT2D eigenvalue weighted by atomic mass is 10.3. The first-order valence-electron chi connectivity index (χ1n) is 9.21. The van der Waals surface area contributed by atoms with Crippen LogP contribution in [0.15, 0.2) is 40.9 Å². The van der Waals surface area contributed by atoms with E-state index in [4.69, 9.17) is 14.2 Å². The molecule has 0 aliphatic heterocycles. The minimum atomic E-state index is -0.493. The summed E-state index contributed by atoms with van der Waals surface area (Å²) in [7, 11) is 4.72. The van der Waals surface area contributed by atoms with Crippen LogP contribution in [-0.2, 0) is 16.6 Å². The van der Waals surface area contributed by atoms with Crippen molar-refractivity contribution in [1.29, 1.82) is 0 Å². The number of aromatic nitrogens is 3. The zero-order valence-electron chi connectivity index (χ0n) is 17.4. The smallest absolute Gasteiger partial charge is 0.340 e. The fourth-order valence-corrected chi connectivity index (χ4v) is 4.20. The largest absolute Gasteiger partial charge is 0.497 e. The average Bonchev–Trinajstić information content (AvgIpc) is 3.38. The number of carbonyl (C=O) groups is 2. The third-order valence-corrected chi connectivity index (χ3v) is 6.11. The fourth-order valence-electron chi connectivity index (χ4n) is 2.69. The number of nitrogens with one attached hydrogen (secondary N) is 1. The number of thioether (sulfide) groups is 1. The predicted molar refractivity (Wildman–Crippen MR) is 118 cm³/mol. The quantitative estimate of drug-likeness (QED) is 0.380. The zero-order valence-corrected chi connectivity index (χ0v) is 19.1. The van der Waals surface area contributed by atoms with Gasteiger partial charge < -0.3 is 24.1 Å². The van der Waals surface area contributed by atoms with Crippen LogP contribution >= 0.6 is 23.1 Å². The Balaban J connectivity index is 1.58. The number of benzene rings is 1. The second-order valence-corrected chi connectivity index (χ2v) is 8.19. The summed E-state index contributed by atoms with van der Waals surface area (Å²) in [5.74, 6) is 1.42. The Bertz CT molecular complexity index is 1050. The zero-order chi connectivity index (χ0) is 22.4. The summed E-state index contributed by atoms with van der Waals surface area (Å²) in [4.78, 5) is 24.0.